The first-order valence-corrected chi connectivity index (χ1v) is 8.47. The average molecular weight is 330 g/mol. The summed E-state index contributed by atoms with van der Waals surface area (Å²) in [6.45, 7) is 15.5. The zero-order chi connectivity index (χ0) is 17.7. The van der Waals surface area contributed by atoms with Gasteiger partial charge in [0, 0.05) is 12.6 Å². The van der Waals surface area contributed by atoms with Crippen LogP contribution in [0.4, 0.5) is 4.79 Å². The van der Waals surface area contributed by atoms with Gasteiger partial charge in [0.05, 0.1) is 19.3 Å². The zero-order valence-corrected chi connectivity index (χ0v) is 15.7. The third-order valence-electron chi connectivity index (χ3n) is 3.38. The first-order valence-electron chi connectivity index (χ1n) is 8.47. The second kappa shape index (κ2) is 8.31. The molecule has 0 aromatic carbocycles. The van der Waals surface area contributed by atoms with Gasteiger partial charge in [-0.05, 0) is 47.0 Å². The highest BCUT2D eigenvalue weighted by Crippen LogP contribution is 2.18. The average Bonchev–Trinajstić information content (AvgIpc) is 2.36. The fraction of sp³-hybridized carbons (Fsp3) is 0.941. The summed E-state index contributed by atoms with van der Waals surface area (Å²) in [6, 6.07) is 0.285. The molecule has 0 radical (unpaired) electrons. The molecule has 6 nitrogen and oxygen atoms in total. The summed E-state index contributed by atoms with van der Waals surface area (Å²) in [7, 11) is 0. The largest absolute Gasteiger partial charge is 0.444 e. The Morgan fingerprint density at radius 3 is 2.30 bits per heavy atom. The predicted octanol–water partition coefficient (Wildman–Crippen LogP) is 2.67. The molecule has 2 N–H and O–H groups in total. The predicted molar refractivity (Wildman–Crippen MR) is 90.4 cm³/mol. The van der Waals surface area contributed by atoms with Gasteiger partial charge in [0.1, 0.15) is 5.60 Å². The second-order valence-corrected chi connectivity index (χ2v) is 8.09. The minimum atomic E-state index is -0.513. The first kappa shape index (κ1) is 20.2. The van der Waals surface area contributed by atoms with Crippen molar-refractivity contribution in [1.82, 2.24) is 10.6 Å². The van der Waals surface area contributed by atoms with Crippen LogP contribution in [0.1, 0.15) is 54.9 Å². The Labute approximate surface area is 140 Å². The van der Waals surface area contributed by atoms with E-state index >= 15 is 0 Å². The molecule has 1 heterocycles. The van der Waals surface area contributed by atoms with Gasteiger partial charge in [-0.25, -0.2) is 4.79 Å². The Morgan fingerprint density at radius 1 is 1.26 bits per heavy atom. The van der Waals surface area contributed by atoms with Crippen molar-refractivity contribution in [3.63, 3.8) is 0 Å². The number of alkyl carbamates (subject to hydrolysis) is 1. The number of amides is 1. The standard InChI is InChI=1S/C17H34N2O4/c1-12(2)8-13(9-18-15(20)23-16(3,4)5)19-14-10-21-17(6,7)22-11-14/h12-14,19H,8-11H2,1-7H3,(H,18,20). The van der Waals surface area contributed by atoms with E-state index < -0.39 is 11.4 Å². The molecule has 1 aliphatic heterocycles. The Morgan fingerprint density at radius 2 is 1.83 bits per heavy atom. The lowest BCUT2D eigenvalue weighted by Gasteiger charge is -2.37. The molecular weight excluding hydrogens is 296 g/mol. The molecule has 23 heavy (non-hydrogen) atoms. The summed E-state index contributed by atoms with van der Waals surface area (Å²) in [5.74, 6) is 0.00956. The normalized spacial score (nSPS) is 20.3. The summed E-state index contributed by atoms with van der Waals surface area (Å²) in [5, 5.41) is 6.37. The highest BCUT2D eigenvalue weighted by atomic mass is 16.7. The Kier molecular flexibility index (Phi) is 7.29. The van der Waals surface area contributed by atoms with Crippen LogP contribution in [0.5, 0.6) is 0 Å². The van der Waals surface area contributed by atoms with Gasteiger partial charge in [0.2, 0.25) is 0 Å². The van der Waals surface area contributed by atoms with Gasteiger partial charge in [0.15, 0.2) is 5.79 Å². The van der Waals surface area contributed by atoms with Crippen molar-refractivity contribution in [1.29, 1.82) is 0 Å². The summed E-state index contributed by atoms with van der Waals surface area (Å²) in [4.78, 5) is 11.8. The molecule has 0 aromatic rings. The molecule has 0 spiro atoms. The molecule has 1 aliphatic rings. The van der Waals surface area contributed by atoms with Crippen molar-refractivity contribution in [3.05, 3.63) is 0 Å². The maximum Gasteiger partial charge on any atom is 0.407 e. The molecule has 136 valence electrons. The van der Waals surface area contributed by atoms with Crippen molar-refractivity contribution in [2.24, 2.45) is 5.92 Å². The SMILES string of the molecule is CC(C)CC(CNC(=O)OC(C)(C)C)NC1COC(C)(C)OC1. The molecule has 1 fully saturated rings. The highest BCUT2D eigenvalue weighted by Gasteiger charge is 2.29. The molecular formula is C17H34N2O4. The van der Waals surface area contributed by atoms with Crippen molar-refractivity contribution in [2.45, 2.75) is 78.4 Å². The molecule has 1 amide bonds. The summed E-state index contributed by atoms with van der Waals surface area (Å²) in [5.41, 5.74) is -0.484. The minimum Gasteiger partial charge on any atom is -0.444 e. The topological polar surface area (TPSA) is 68.8 Å². The van der Waals surface area contributed by atoms with Crippen molar-refractivity contribution < 1.29 is 19.0 Å². The summed E-state index contributed by atoms with van der Waals surface area (Å²) in [6.07, 6.45) is 0.570. The van der Waals surface area contributed by atoms with Gasteiger partial charge < -0.3 is 24.8 Å². The Balaban J connectivity index is 2.45. The number of nitrogens with one attached hydrogen (secondary N) is 2. The fourth-order valence-electron chi connectivity index (χ4n) is 2.42. The lowest BCUT2D eigenvalue weighted by molar-refractivity contribution is -0.253. The number of hydrogen-bond acceptors (Lipinski definition) is 5. The van der Waals surface area contributed by atoms with Gasteiger partial charge in [-0.1, -0.05) is 13.8 Å². The maximum absolute atomic E-state index is 11.8. The summed E-state index contributed by atoms with van der Waals surface area (Å²) < 4.78 is 16.6. The zero-order valence-electron chi connectivity index (χ0n) is 15.7. The van der Waals surface area contributed by atoms with E-state index in [0.29, 0.717) is 25.7 Å². The molecule has 1 unspecified atom stereocenters. The van der Waals surface area contributed by atoms with E-state index in [0.717, 1.165) is 6.42 Å². The third kappa shape index (κ3) is 9.13. The lowest BCUT2D eigenvalue weighted by atomic mass is 10.0. The molecule has 1 atom stereocenters. The van der Waals surface area contributed by atoms with Gasteiger partial charge >= 0.3 is 6.09 Å². The molecule has 0 bridgehead atoms. The fourth-order valence-corrected chi connectivity index (χ4v) is 2.42. The van der Waals surface area contributed by atoms with Crippen LogP contribution in [0, 0.1) is 5.92 Å². The Bertz CT molecular complexity index is 367. The monoisotopic (exact) mass is 330 g/mol. The molecule has 1 rings (SSSR count). The number of rotatable bonds is 6. The van der Waals surface area contributed by atoms with Crippen LogP contribution < -0.4 is 10.6 Å². The van der Waals surface area contributed by atoms with E-state index in [1.54, 1.807) is 0 Å². The first-order chi connectivity index (χ1) is 10.5. The van der Waals surface area contributed by atoms with Crippen LogP contribution >= 0.6 is 0 Å². The van der Waals surface area contributed by atoms with Crippen LogP contribution in [0.3, 0.4) is 0 Å². The van der Waals surface area contributed by atoms with Crippen molar-refractivity contribution in [2.75, 3.05) is 19.8 Å². The number of ether oxygens (including phenoxy) is 3. The van der Waals surface area contributed by atoms with E-state index in [4.69, 9.17) is 14.2 Å². The second-order valence-electron chi connectivity index (χ2n) is 8.09. The van der Waals surface area contributed by atoms with E-state index in [-0.39, 0.29) is 18.2 Å². The molecule has 1 saturated heterocycles. The number of hydrogen-bond donors (Lipinski definition) is 2. The van der Waals surface area contributed by atoms with E-state index in [2.05, 4.69) is 24.5 Å². The van der Waals surface area contributed by atoms with E-state index in [9.17, 15) is 4.79 Å². The van der Waals surface area contributed by atoms with Crippen LogP contribution in [-0.4, -0.2) is 49.3 Å². The van der Waals surface area contributed by atoms with Crippen LogP contribution in [0.2, 0.25) is 0 Å². The van der Waals surface area contributed by atoms with Gasteiger partial charge in [0.25, 0.3) is 0 Å². The molecule has 6 heteroatoms. The maximum atomic E-state index is 11.8. The lowest BCUT2D eigenvalue weighted by Crippen LogP contribution is -2.54. The third-order valence-corrected chi connectivity index (χ3v) is 3.38. The molecule has 0 aliphatic carbocycles. The van der Waals surface area contributed by atoms with Crippen LogP contribution in [0.15, 0.2) is 0 Å². The van der Waals surface area contributed by atoms with Crippen LogP contribution in [0.25, 0.3) is 0 Å². The van der Waals surface area contributed by atoms with Gasteiger partial charge in [-0.3, -0.25) is 0 Å². The van der Waals surface area contributed by atoms with Crippen LogP contribution in [-0.2, 0) is 14.2 Å². The van der Waals surface area contributed by atoms with Crippen molar-refractivity contribution >= 4 is 6.09 Å². The highest BCUT2D eigenvalue weighted by molar-refractivity contribution is 5.67. The summed E-state index contributed by atoms with van der Waals surface area (Å²) >= 11 is 0. The van der Waals surface area contributed by atoms with E-state index in [1.165, 1.54) is 0 Å². The molecule has 0 saturated carbocycles. The molecule has 0 aromatic heterocycles. The number of carbonyl (C=O) groups excluding carboxylic acids is 1. The van der Waals surface area contributed by atoms with Gasteiger partial charge in [-0.15, -0.1) is 0 Å². The minimum absolute atomic E-state index is 0.132. The number of carbonyl (C=O) groups is 1. The van der Waals surface area contributed by atoms with E-state index in [1.807, 2.05) is 34.6 Å². The Hall–Kier alpha value is -0.850. The smallest absolute Gasteiger partial charge is 0.407 e. The quantitative estimate of drug-likeness (QED) is 0.783. The van der Waals surface area contributed by atoms with Gasteiger partial charge in [-0.2, -0.15) is 0 Å². The van der Waals surface area contributed by atoms with Crippen molar-refractivity contribution in [3.8, 4) is 0 Å².